The largest absolute Gasteiger partial charge is 0.310 e. The minimum atomic E-state index is -0.821. The maximum atomic E-state index is 2.61. The summed E-state index contributed by atoms with van der Waals surface area (Å²) in [4.78, 5) is 5.05. The summed E-state index contributed by atoms with van der Waals surface area (Å²) >= 11 is 0. The van der Waals surface area contributed by atoms with Crippen LogP contribution in [0.15, 0.2) is 328 Å². The van der Waals surface area contributed by atoms with Crippen LogP contribution in [0.5, 0.6) is 0 Å². The van der Waals surface area contributed by atoms with Gasteiger partial charge in [0.1, 0.15) is 0 Å². The molecule has 18 rings (SSSR count). The Bertz CT molecular complexity index is 5250. The standard InChI is InChI=1S/C101H90B4N2/c1-97(2,3)67-41-49-75(50-42-67)106(76-51-43-68(44-52-76)98(4,5)6)79-57-59-83-81(65-79)93-85(61-63-91-95(93)104(73-33-21-15-22-34-73)89-39-27-25-37-87(89)102(91)71-29-17-13-18-30-71)101(83)84-60-58-80(107(77-53-45-69(46-54-77)99(7,8)9)78-55-47-70(48-56-78)100(10,11)12)66-82(84)94-86(101)62-64-92-96(94)105(74-35-23-16-24-36-74)90-40-28-26-38-88(90)103(92)72-31-19-14-20-32-72/h13-66H,1-12H3. The predicted molar refractivity (Wildman–Crippen MR) is 464 cm³/mol. The molecule has 2 aliphatic carbocycles. The fourth-order valence-corrected chi connectivity index (χ4v) is 18.9. The zero-order valence-electron chi connectivity index (χ0n) is 63.9. The second-order valence-corrected chi connectivity index (χ2v) is 34.7. The predicted octanol–water partition coefficient (Wildman–Crippen LogP) is 16.9. The Morgan fingerprint density at radius 1 is 0.215 bits per heavy atom. The molecule has 516 valence electrons. The Balaban J connectivity index is 0.994. The molecule has 14 aromatic carbocycles. The van der Waals surface area contributed by atoms with Crippen molar-refractivity contribution in [3.8, 4) is 22.3 Å². The van der Waals surface area contributed by atoms with Crippen molar-refractivity contribution in [3.63, 3.8) is 0 Å². The molecule has 0 aromatic heterocycles. The third kappa shape index (κ3) is 11.2. The maximum Gasteiger partial charge on any atom is 0.240 e. The number of rotatable bonds is 10. The molecular formula is C101H90B4N2. The third-order valence-electron chi connectivity index (χ3n) is 24.2. The van der Waals surface area contributed by atoms with Crippen molar-refractivity contribution in [2.45, 2.75) is 110 Å². The summed E-state index contributed by atoms with van der Waals surface area (Å²) in [5.74, 6) is 0. The molecule has 2 heterocycles. The molecule has 0 N–H and O–H groups in total. The van der Waals surface area contributed by atoms with Gasteiger partial charge in [0.15, 0.2) is 0 Å². The van der Waals surface area contributed by atoms with Gasteiger partial charge in [-0.25, -0.2) is 0 Å². The van der Waals surface area contributed by atoms with Crippen LogP contribution in [-0.4, -0.2) is 26.9 Å². The van der Waals surface area contributed by atoms with E-state index >= 15 is 0 Å². The normalized spacial score (nSPS) is 13.8. The molecule has 0 atom stereocenters. The van der Waals surface area contributed by atoms with Gasteiger partial charge in [0.2, 0.25) is 26.9 Å². The van der Waals surface area contributed by atoms with Crippen LogP contribution in [0.3, 0.4) is 0 Å². The summed E-state index contributed by atoms with van der Waals surface area (Å²) in [5.41, 5.74) is 37.4. The molecule has 2 nitrogen and oxygen atoms in total. The summed E-state index contributed by atoms with van der Waals surface area (Å²) < 4.78 is 0. The van der Waals surface area contributed by atoms with Gasteiger partial charge in [-0.3, -0.25) is 0 Å². The van der Waals surface area contributed by atoms with Crippen LogP contribution in [0.1, 0.15) is 128 Å². The van der Waals surface area contributed by atoms with E-state index in [1.165, 1.54) is 132 Å². The van der Waals surface area contributed by atoms with E-state index in [9.17, 15) is 0 Å². The zero-order chi connectivity index (χ0) is 73.5. The number of fused-ring (bicyclic) bond motifs is 16. The monoisotopic (exact) mass is 1370 g/mol. The van der Waals surface area contributed by atoms with Crippen LogP contribution in [0.4, 0.5) is 34.1 Å². The van der Waals surface area contributed by atoms with Gasteiger partial charge in [0, 0.05) is 34.1 Å². The molecule has 0 amide bonds. The molecule has 0 saturated carbocycles. The van der Waals surface area contributed by atoms with E-state index in [-0.39, 0.29) is 48.5 Å². The average Bonchev–Trinajstić information content (AvgIpc) is 1.50. The van der Waals surface area contributed by atoms with Gasteiger partial charge in [-0.05, 0) is 161 Å². The minimum absolute atomic E-state index is 0.0253. The molecule has 107 heavy (non-hydrogen) atoms. The summed E-state index contributed by atoms with van der Waals surface area (Å²) in [5, 5.41) is 0. The molecule has 4 aliphatic rings. The number of anilines is 6. The van der Waals surface area contributed by atoms with Gasteiger partial charge in [0.25, 0.3) is 0 Å². The van der Waals surface area contributed by atoms with Gasteiger partial charge in [-0.2, -0.15) is 0 Å². The Kier molecular flexibility index (Phi) is 16.2. The fourth-order valence-electron chi connectivity index (χ4n) is 18.9. The van der Waals surface area contributed by atoms with E-state index in [0.717, 1.165) is 34.1 Å². The molecule has 0 saturated heterocycles. The molecule has 0 radical (unpaired) electrons. The molecule has 2 aliphatic heterocycles. The summed E-state index contributed by atoms with van der Waals surface area (Å²) in [6, 6.07) is 128. The van der Waals surface area contributed by atoms with Crippen LogP contribution in [0.25, 0.3) is 22.3 Å². The van der Waals surface area contributed by atoms with Crippen LogP contribution in [0, 0.1) is 0 Å². The quantitative estimate of drug-likeness (QED) is 0.126. The highest BCUT2D eigenvalue weighted by Crippen LogP contribution is 2.64. The van der Waals surface area contributed by atoms with Crippen LogP contribution >= 0.6 is 0 Å². The van der Waals surface area contributed by atoms with E-state index in [1.54, 1.807) is 0 Å². The van der Waals surface area contributed by atoms with Gasteiger partial charge < -0.3 is 9.80 Å². The Hall–Kier alpha value is -11.1. The fraction of sp³-hybridized carbons (Fsp3) is 0.168. The van der Waals surface area contributed by atoms with Crippen molar-refractivity contribution in [2.75, 3.05) is 9.80 Å². The molecule has 0 fully saturated rings. The molecule has 0 unspecified atom stereocenters. The maximum absolute atomic E-state index is 2.61. The van der Waals surface area contributed by atoms with E-state index in [1.807, 2.05) is 0 Å². The Morgan fingerprint density at radius 3 is 0.720 bits per heavy atom. The van der Waals surface area contributed by atoms with Crippen LogP contribution in [0.2, 0.25) is 0 Å². The Labute approximate surface area is 636 Å². The van der Waals surface area contributed by atoms with E-state index in [0.29, 0.717) is 0 Å². The third-order valence-corrected chi connectivity index (χ3v) is 24.2. The molecule has 14 aromatic rings. The van der Waals surface area contributed by atoms with Gasteiger partial charge in [-0.1, -0.05) is 403 Å². The lowest BCUT2D eigenvalue weighted by Crippen LogP contribution is -2.75. The lowest BCUT2D eigenvalue weighted by atomic mass is 9.20. The SMILES string of the molecule is CC(C)(C)c1ccc(N(c2ccc(C(C)(C)C)cc2)c2ccc3c(c2)-c2c(ccc4c2B(c2ccccc2)c2ccccc2B4c2ccccc2)C32c3ccc(N(c4ccc(C(C)(C)C)cc4)c4ccc(C(C)(C)C)cc4)cc3-c3c2ccc2c3B(c3ccccc3)c3ccccc3B2c2ccccc2)cc1. The van der Waals surface area contributed by atoms with Gasteiger partial charge >= 0.3 is 0 Å². The first-order chi connectivity index (χ1) is 51.6. The Morgan fingerprint density at radius 2 is 0.449 bits per heavy atom. The van der Waals surface area contributed by atoms with Crippen molar-refractivity contribution in [1.29, 1.82) is 0 Å². The first kappa shape index (κ1) is 67.8. The second kappa shape index (κ2) is 25.6. The smallest absolute Gasteiger partial charge is 0.240 e. The van der Waals surface area contributed by atoms with E-state index in [4.69, 9.17) is 0 Å². The lowest BCUT2D eigenvalue weighted by molar-refractivity contribution is 0.590. The van der Waals surface area contributed by atoms with Crippen molar-refractivity contribution in [2.24, 2.45) is 0 Å². The zero-order valence-corrected chi connectivity index (χ0v) is 63.9. The topological polar surface area (TPSA) is 6.48 Å². The first-order valence-electron chi connectivity index (χ1n) is 38.7. The van der Waals surface area contributed by atoms with Crippen molar-refractivity contribution in [1.82, 2.24) is 0 Å². The molecular weight excluding hydrogens is 1280 g/mol. The molecule has 0 bridgehead atoms. The van der Waals surface area contributed by atoms with Gasteiger partial charge in [-0.15, -0.1) is 0 Å². The van der Waals surface area contributed by atoms with E-state index in [2.05, 4.69) is 420 Å². The van der Waals surface area contributed by atoms with Gasteiger partial charge in [0.05, 0.1) is 5.41 Å². The highest BCUT2D eigenvalue weighted by atomic mass is 15.1. The molecule has 1 spiro atoms. The number of nitrogens with zero attached hydrogens (tertiary/aromatic N) is 2. The van der Waals surface area contributed by atoms with E-state index < -0.39 is 5.41 Å². The van der Waals surface area contributed by atoms with Crippen molar-refractivity contribution in [3.05, 3.63) is 372 Å². The van der Waals surface area contributed by atoms with Crippen molar-refractivity contribution < 1.29 is 0 Å². The number of hydrogen-bond acceptors (Lipinski definition) is 2. The van der Waals surface area contributed by atoms with Crippen LogP contribution < -0.4 is 75.4 Å². The number of benzene rings is 14. The second-order valence-electron chi connectivity index (χ2n) is 34.7. The summed E-state index contributed by atoms with van der Waals surface area (Å²) in [6.45, 7) is 27.5. The first-order valence-corrected chi connectivity index (χ1v) is 38.7. The summed E-state index contributed by atoms with van der Waals surface area (Å²) in [6.07, 6.45) is 0. The van der Waals surface area contributed by atoms with Crippen molar-refractivity contribution >= 4 is 127 Å². The highest BCUT2D eigenvalue weighted by Gasteiger charge is 2.57. The summed E-state index contributed by atoms with van der Waals surface area (Å²) in [7, 11) is 0. The highest BCUT2D eigenvalue weighted by molar-refractivity contribution is 7.12. The van der Waals surface area contributed by atoms with Crippen LogP contribution in [-0.2, 0) is 27.1 Å². The average molecular weight is 1380 g/mol. The minimum Gasteiger partial charge on any atom is -0.310 e. The number of hydrogen-bond donors (Lipinski definition) is 0. The molecule has 6 heteroatoms. The lowest BCUT2D eigenvalue weighted by Gasteiger charge is -2.36.